The van der Waals surface area contributed by atoms with Crippen molar-refractivity contribution in [2.45, 2.75) is 32.4 Å². The Kier molecular flexibility index (Phi) is 3.32. The lowest BCUT2D eigenvalue weighted by molar-refractivity contribution is -0.141. The quantitative estimate of drug-likeness (QED) is 0.915. The third-order valence-corrected chi connectivity index (χ3v) is 3.86. The Bertz CT molecular complexity index is 709. The van der Waals surface area contributed by atoms with Crippen LogP contribution in [0.25, 0.3) is 11.0 Å². The van der Waals surface area contributed by atoms with Crippen molar-refractivity contribution in [3.8, 4) is 0 Å². The molecule has 7 nitrogen and oxygen atoms in total. The second-order valence-electron chi connectivity index (χ2n) is 5.10. The van der Waals surface area contributed by atoms with Crippen LogP contribution in [0.1, 0.15) is 30.1 Å². The van der Waals surface area contributed by atoms with Gasteiger partial charge in [0.25, 0.3) is 5.91 Å². The summed E-state index contributed by atoms with van der Waals surface area (Å²) in [5.74, 6) is -1.20. The number of carboxylic acid groups (broad SMARTS) is 1. The number of fused-ring (bicyclic) bond motifs is 1. The standard InChI is InChI=1S/C14H16N4O3/c1-2-18-11-6-5-9(8-10(11)15-16-18)13(19)17-7-3-4-12(17)14(20)21/h5-6,8,12H,2-4,7H2,1H3,(H,20,21)/t12-/m1/s1. The number of benzene rings is 1. The summed E-state index contributed by atoms with van der Waals surface area (Å²) < 4.78 is 1.75. The molecule has 1 N–H and O–H groups in total. The summed E-state index contributed by atoms with van der Waals surface area (Å²) >= 11 is 0. The van der Waals surface area contributed by atoms with Crippen molar-refractivity contribution >= 4 is 22.9 Å². The van der Waals surface area contributed by atoms with Gasteiger partial charge in [-0.3, -0.25) is 4.79 Å². The number of carboxylic acids is 1. The second kappa shape index (κ2) is 5.16. The van der Waals surface area contributed by atoms with Crippen LogP contribution in [-0.4, -0.2) is 49.5 Å². The van der Waals surface area contributed by atoms with Crippen LogP contribution in [-0.2, 0) is 11.3 Å². The van der Waals surface area contributed by atoms with E-state index in [1.165, 1.54) is 4.90 Å². The van der Waals surface area contributed by atoms with Crippen molar-refractivity contribution < 1.29 is 14.7 Å². The van der Waals surface area contributed by atoms with Gasteiger partial charge in [-0.2, -0.15) is 0 Å². The van der Waals surface area contributed by atoms with E-state index in [1.807, 2.05) is 6.92 Å². The molecule has 2 heterocycles. The molecular formula is C14H16N4O3. The number of aliphatic carboxylic acids is 1. The van der Waals surface area contributed by atoms with Gasteiger partial charge in [0, 0.05) is 18.7 Å². The Hall–Kier alpha value is -2.44. The molecule has 1 aromatic carbocycles. The number of carbonyl (C=O) groups excluding carboxylic acids is 1. The zero-order chi connectivity index (χ0) is 15.0. The molecule has 2 aromatic rings. The van der Waals surface area contributed by atoms with Crippen molar-refractivity contribution in [1.29, 1.82) is 0 Å². The molecule has 1 amide bonds. The summed E-state index contributed by atoms with van der Waals surface area (Å²) in [5.41, 5.74) is 1.97. The summed E-state index contributed by atoms with van der Waals surface area (Å²) in [6.07, 6.45) is 1.23. The minimum atomic E-state index is -0.946. The molecule has 1 aliphatic rings. The highest BCUT2D eigenvalue weighted by Gasteiger charge is 2.34. The topological polar surface area (TPSA) is 88.3 Å². The first kappa shape index (κ1) is 13.5. The number of aromatic nitrogens is 3. The molecule has 1 aliphatic heterocycles. The number of hydrogen-bond acceptors (Lipinski definition) is 4. The third-order valence-electron chi connectivity index (χ3n) is 3.86. The molecule has 1 saturated heterocycles. The van der Waals surface area contributed by atoms with E-state index in [4.69, 9.17) is 5.11 Å². The Morgan fingerprint density at radius 2 is 2.24 bits per heavy atom. The zero-order valence-electron chi connectivity index (χ0n) is 11.7. The molecule has 1 aromatic heterocycles. The maximum Gasteiger partial charge on any atom is 0.326 e. The van der Waals surface area contributed by atoms with Crippen LogP contribution in [0, 0.1) is 0 Å². The Labute approximate surface area is 121 Å². The molecular weight excluding hydrogens is 272 g/mol. The lowest BCUT2D eigenvalue weighted by Gasteiger charge is -2.21. The summed E-state index contributed by atoms with van der Waals surface area (Å²) in [7, 11) is 0. The van der Waals surface area contributed by atoms with Crippen LogP contribution in [0.15, 0.2) is 18.2 Å². The van der Waals surface area contributed by atoms with Crippen molar-refractivity contribution in [3.05, 3.63) is 23.8 Å². The molecule has 110 valence electrons. The van der Waals surface area contributed by atoms with Gasteiger partial charge in [0.2, 0.25) is 0 Å². The normalized spacial score (nSPS) is 18.3. The van der Waals surface area contributed by atoms with Crippen LogP contribution < -0.4 is 0 Å². The number of likely N-dealkylation sites (tertiary alicyclic amines) is 1. The van der Waals surface area contributed by atoms with Gasteiger partial charge in [-0.15, -0.1) is 5.10 Å². The van der Waals surface area contributed by atoms with E-state index >= 15 is 0 Å². The van der Waals surface area contributed by atoms with Crippen molar-refractivity contribution in [2.24, 2.45) is 0 Å². The minimum absolute atomic E-state index is 0.257. The highest BCUT2D eigenvalue weighted by Crippen LogP contribution is 2.22. The third kappa shape index (κ3) is 2.24. The smallest absolute Gasteiger partial charge is 0.326 e. The number of rotatable bonds is 3. The van der Waals surface area contributed by atoms with Crippen LogP contribution in [0.2, 0.25) is 0 Å². The van der Waals surface area contributed by atoms with E-state index in [2.05, 4.69) is 10.3 Å². The molecule has 3 rings (SSSR count). The lowest BCUT2D eigenvalue weighted by atomic mass is 10.1. The number of nitrogens with zero attached hydrogens (tertiary/aromatic N) is 4. The predicted molar refractivity (Wildman–Crippen MR) is 74.9 cm³/mol. The van der Waals surface area contributed by atoms with E-state index in [-0.39, 0.29) is 5.91 Å². The van der Waals surface area contributed by atoms with E-state index in [0.29, 0.717) is 30.6 Å². The Morgan fingerprint density at radius 3 is 2.95 bits per heavy atom. The van der Waals surface area contributed by atoms with Crippen LogP contribution in [0.4, 0.5) is 0 Å². The second-order valence-corrected chi connectivity index (χ2v) is 5.10. The van der Waals surface area contributed by atoms with Gasteiger partial charge < -0.3 is 10.0 Å². The first-order chi connectivity index (χ1) is 10.1. The average Bonchev–Trinajstić information content (AvgIpc) is 3.12. The highest BCUT2D eigenvalue weighted by atomic mass is 16.4. The molecule has 0 unspecified atom stereocenters. The Balaban J connectivity index is 1.93. The van der Waals surface area contributed by atoms with E-state index < -0.39 is 12.0 Å². The molecule has 1 atom stereocenters. The van der Waals surface area contributed by atoms with Gasteiger partial charge in [0.15, 0.2) is 0 Å². The monoisotopic (exact) mass is 288 g/mol. The van der Waals surface area contributed by atoms with Gasteiger partial charge in [0.05, 0.1) is 5.52 Å². The largest absolute Gasteiger partial charge is 0.480 e. The van der Waals surface area contributed by atoms with E-state index in [9.17, 15) is 9.59 Å². The fourth-order valence-electron chi connectivity index (χ4n) is 2.77. The number of aryl methyl sites for hydroxylation is 1. The molecule has 0 aliphatic carbocycles. The minimum Gasteiger partial charge on any atom is -0.480 e. The molecule has 0 bridgehead atoms. The van der Waals surface area contributed by atoms with Crippen molar-refractivity contribution in [2.75, 3.05) is 6.54 Å². The van der Waals surface area contributed by atoms with Gasteiger partial charge in [-0.25, -0.2) is 9.48 Å². The predicted octanol–water partition coefficient (Wildman–Crippen LogP) is 1.14. The lowest BCUT2D eigenvalue weighted by Crippen LogP contribution is -2.40. The fourth-order valence-corrected chi connectivity index (χ4v) is 2.77. The number of hydrogen-bond donors (Lipinski definition) is 1. The highest BCUT2D eigenvalue weighted by molar-refractivity contribution is 5.99. The molecule has 0 radical (unpaired) electrons. The van der Waals surface area contributed by atoms with E-state index in [1.54, 1.807) is 22.9 Å². The number of carbonyl (C=O) groups is 2. The first-order valence-electron chi connectivity index (χ1n) is 6.99. The molecule has 21 heavy (non-hydrogen) atoms. The van der Waals surface area contributed by atoms with Crippen LogP contribution in [0.5, 0.6) is 0 Å². The van der Waals surface area contributed by atoms with Crippen molar-refractivity contribution in [1.82, 2.24) is 19.9 Å². The van der Waals surface area contributed by atoms with Gasteiger partial charge in [0.1, 0.15) is 11.6 Å². The molecule has 7 heteroatoms. The summed E-state index contributed by atoms with van der Waals surface area (Å²) in [6, 6.07) is 4.46. The fraction of sp³-hybridized carbons (Fsp3) is 0.429. The first-order valence-corrected chi connectivity index (χ1v) is 6.99. The van der Waals surface area contributed by atoms with Gasteiger partial charge in [-0.1, -0.05) is 5.21 Å². The summed E-state index contributed by atoms with van der Waals surface area (Å²) in [6.45, 7) is 3.15. The SMILES string of the molecule is CCn1nnc2cc(C(=O)N3CCC[C@@H]3C(=O)O)ccc21. The Morgan fingerprint density at radius 1 is 1.43 bits per heavy atom. The maximum absolute atomic E-state index is 12.5. The maximum atomic E-state index is 12.5. The van der Waals surface area contributed by atoms with Crippen molar-refractivity contribution in [3.63, 3.8) is 0 Å². The van der Waals surface area contributed by atoms with Crippen LogP contribution in [0.3, 0.4) is 0 Å². The van der Waals surface area contributed by atoms with Crippen LogP contribution >= 0.6 is 0 Å². The molecule has 1 fully saturated rings. The van der Waals surface area contributed by atoms with Gasteiger partial charge >= 0.3 is 5.97 Å². The number of amides is 1. The zero-order valence-corrected chi connectivity index (χ0v) is 11.7. The van der Waals surface area contributed by atoms with Gasteiger partial charge in [-0.05, 0) is 38.0 Å². The summed E-state index contributed by atoms with van der Waals surface area (Å²) in [4.78, 5) is 25.1. The average molecular weight is 288 g/mol. The summed E-state index contributed by atoms with van der Waals surface area (Å²) in [5, 5.41) is 17.2. The molecule has 0 saturated carbocycles. The molecule has 0 spiro atoms. The van der Waals surface area contributed by atoms with E-state index in [0.717, 1.165) is 11.9 Å².